The number of thiophene rings is 1. The van der Waals surface area contributed by atoms with Crippen LogP contribution in [0.3, 0.4) is 0 Å². The maximum atomic E-state index is 13.7. The lowest BCUT2D eigenvalue weighted by atomic mass is 10.2. The molecule has 96 valence electrons. The number of nitrogens with two attached hydrogens (primary N) is 1. The van der Waals surface area contributed by atoms with Gasteiger partial charge in [0, 0.05) is 15.5 Å². The van der Waals surface area contributed by atoms with Crippen LogP contribution in [-0.2, 0) is 0 Å². The molecule has 3 aromatic rings. The van der Waals surface area contributed by atoms with Crippen LogP contribution in [0.1, 0.15) is 0 Å². The van der Waals surface area contributed by atoms with Crippen molar-refractivity contribution in [3.05, 3.63) is 39.9 Å². The third-order valence-corrected chi connectivity index (χ3v) is 4.12. The van der Waals surface area contributed by atoms with Gasteiger partial charge in [-0.25, -0.2) is 4.39 Å². The summed E-state index contributed by atoms with van der Waals surface area (Å²) < 4.78 is 19.8. The molecule has 19 heavy (non-hydrogen) atoms. The van der Waals surface area contributed by atoms with Gasteiger partial charge in [-0.1, -0.05) is 5.16 Å². The number of anilines is 1. The van der Waals surface area contributed by atoms with Crippen LogP contribution < -0.4 is 5.73 Å². The zero-order chi connectivity index (χ0) is 13.4. The first-order valence-electron chi connectivity index (χ1n) is 5.27. The third-order valence-electron chi connectivity index (χ3n) is 2.44. The molecule has 4 nitrogen and oxygen atoms in total. The highest BCUT2D eigenvalue weighted by Gasteiger charge is 2.15. The lowest BCUT2D eigenvalue weighted by molar-refractivity contribution is 0.430. The monoisotopic (exact) mass is 339 g/mol. The van der Waals surface area contributed by atoms with E-state index in [1.807, 2.05) is 11.4 Å². The van der Waals surface area contributed by atoms with Gasteiger partial charge in [0.15, 0.2) is 0 Å². The molecule has 2 heterocycles. The second kappa shape index (κ2) is 4.75. The van der Waals surface area contributed by atoms with Crippen molar-refractivity contribution in [2.75, 3.05) is 5.73 Å². The average Bonchev–Trinajstić information content (AvgIpc) is 2.97. The van der Waals surface area contributed by atoms with Crippen molar-refractivity contribution in [1.82, 2.24) is 10.1 Å². The molecular weight excluding hydrogens is 333 g/mol. The Hall–Kier alpha value is -1.73. The van der Waals surface area contributed by atoms with E-state index in [2.05, 4.69) is 26.1 Å². The Morgan fingerprint density at radius 1 is 1.32 bits per heavy atom. The van der Waals surface area contributed by atoms with E-state index >= 15 is 0 Å². The Morgan fingerprint density at radius 3 is 2.84 bits per heavy atom. The molecular formula is C12H7BrFN3OS. The van der Waals surface area contributed by atoms with Gasteiger partial charge in [0.05, 0.1) is 10.4 Å². The molecule has 2 N–H and O–H groups in total. The maximum Gasteiger partial charge on any atom is 0.261 e. The predicted molar refractivity (Wildman–Crippen MR) is 75.1 cm³/mol. The van der Waals surface area contributed by atoms with E-state index in [-0.39, 0.29) is 11.5 Å². The largest absolute Gasteiger partial charge is 0.399 e. The zero-order valence-corrected chi connectivity index (χ0v) is 11.8. The highest BCUT2D eigenvalue weighted by atomic mass is 79.9. The van der Waals surface area contributed by atoms with Crippen LogP contribution in [0.15, 0.2) is 38.6 Å². The molecule has 0 unspecified atom stereocenters. The molecule has 0 atom stereocenters. The number of hydrogen-bond acceptors (Lipinski definition) is 5. The first kappa shape index (κ1) is 12.3. The van der Waals surface area contributed by atoms with Gasteiger partial charge < -0.3 is 10.3 Å². The lowest BCUT2D eigenvalue weighted by Gasteiger charge is -1.97. The predicted octanol–water partition coefficient (Wildman–Crippen LogP) is 3.95. The molecule has 0 radical (unpaired) electrons. The van der Waals surface area contributed by atoms with E-state index in [9.17, 15) is 4.39 Å². The molecule has 0 aliphatic carbocycles. The number of nitrogens with zero attached hydrogens (tertiary/aromatic N) is 2. The standard InChI is InChI=1S/C12H7BrFN3OS/c13-6-3-10(19-5-6)11-16-12(18-17-11)8-2-1-7(15)4-9(8)14/h1-5H,15H2. The number of aromatic nitrogens is 2. The smallest absolute Gasteiger partial charge is 0.261 e. The molecule has 0 bridgehead atoms. The van der Waals surface area contributed by atoms with Gasteiger partial charge in [-0.3, -0.25) is 0 Å². The molecule has 3 rings (SSSR count). The number of halogens is 2. The summed E-state index contributed by atoms with van der Waals surface area (Å²) in [6.07, 6.45) is 0. The van der Waals surface area contributed by atoms with Crippen molar-refractivity contribution in [2.45, 2.75) is 0 Å². The molecule has 7 heteroatoms. The van der Waals surface area contributed by atoms with Gasteiger partial charge in [0.25, 0.3) is 5.89 Å². The summed E-state index contributed by atoms with van der Waals surface area (Å²) >= 11 is 4.82. The number of benzene rings is 1. The molecule has 0 saturated carbocycles. The van der Waals surface area contributed by atoms with Crippen molar-refractivity contribution in [3.63, 3.8) is 0 Å². The topological polar surface area (TPSA) is 64.9 Å². The first-order valence-corrected chi connectivity index (χ1v) is 6.94. The first-order chi connectivity index (χ1) is 9.13. The summed E-state index contributed by atoms with van der Waals surface area (Å²) in [5.74, 6) is 0.0847. The van der Waals surface area contributed by atoms with Gasteiger partial charge in [-0.2, -0.15) is 4.98 Å². The van der Waals surface area contributed by atoms with Gasteiger partial charge in [-0.15, -0.1) is 11.3 Å². The SMILES string of the molecule is Nc1ccc(-c2nc(-c3cc(Br)cs3)no2)c(F)c1. The van der Waals surface area contributed by atoms with E-state index in [4.69, 9.17) is 10.3 Å². The fraction of sp³-hybridized carbons (Fsp3) is 0. The fourth-order valence-electron chi connectivity index (χ4n) is 1.57. The Kier molecular flexibility index (Phi) is 3.08. The van der Waals surface area contributed by atoms with Crippen LogP contribution in [0.2, 0.25) is 0 Å². The van der Waals surface area contributed by atoms with Crippen molar-refractivity contribution in [3.8, 4) is 22.2 Å². The molecule has 0 aliphatic rings. The number of nitrogen functional groups attached to an aromatic ring is 1. The summed E-state index contributed by atoms with van der Waals surface area (Å²) in [6.45, 7) is 0. The summed E-state index contributed by atoms with van der Waals surface area (Å²) in [7, 11) is 0. The molecule has 1 aromatic carbocycles. The summed E-state index contributed by atoms with van der Waals surface area (Å²) in [5, 5.41) is 5.76. The van der Waals surface area contributed by atoms with Gasteiger partial charge in [0.1, 0.15) is 5.82 Å². The minimum Gasteiger partial charge on any atom is -0.399 e. The van der Waals surface area contributed by atoms with Crippen LogP contribution in [0.4, 0.5) is 10.1 Å². The maximum absolute atomic E-state index is 13.7. The molecule has 0 amide bonds. The average molecular weight is 340 g/mol. The second-order valence-electron chi connectivity index (χ2n) is 3.79. The third kappa shape index (κ3) is 2.39. The van der Waals surface area contributed by atoms with Crippen LogP contribution in [-0.4, -0.2) is 10.1 Å². The molecule has 0 aliphatic heterocycles. The Bertz CT molecular complexity index is 740. The van der Waals surface area contributed by atoms with E-state index < -0.39 is 5.82 Å². The van der Waals surface area contributed by atoms with Crippen molar-refractivity contribution < 1.29 is 8.91 Å². The van der Waals surface area contributed by atoms with Crippen molar-refractivity contribution >= 4 is 33.0 Å². The van der Waals surface area contributed by atoms with Crippen LogP contribution in [0.5, 0.6) is 0 Å². The second-order valence-corrected chi connectivity index (χ2v) is 5.62. The summed E-state index contributed by atoms with van der Waals surface area (Å²) in [6, 6.07) is 6.20. The molecule has 0 fully saturated rings. The fourth-order valence-corrected chi connectivity index (χ4v) is 2.92. The van der Waals surface area contributed by atoms with E-state index in [1.54, 1.807) is 6.07 Å². The molecule has 2 aromatic heterocycles. The Balaban J connectivity index is 2.01. The zero-order valence-electron chi connectivity index (χ0n) is 9.43. The summed E-state index contributed by atoms with van der Waals surface area (Å²) in [5.41, 5.74) is 6.08. The van der Waals surface area contributed by atoms with Crippen LogP contribution >= 0.6 is 27.3 Å². The van der Waals surface area contributed by atoms with Gasteiger partial charge >= 0.3 is 0 Å². The quantitative estimate of drug-likeness (QED) is 0.718. The normalized spacial score (nSPS) is 10.8. The summed E-state index contributed by atoms with van der Waals surface area (Å²) in [4.78, 5) is 5.03. The van der Waals surface area contributed by atoms with E-state index in [0.29, 0.717) is 11.5 Å². The van der Waals surface area contributed by atoms with Crippen LogP contribution in [0, 0.1) is 5.82 Å². The van der Waals surface area contributed by atoms with E-state index in [1.165, 1.54) is 23.5 Å². The number of hydrogen-bond donors (Lipinski definition) is 1. The molecule has 0 saturated heterocycles. The van der Waals surface area contributed by atoms with Gasteiger partial charge in [-0.05, 0) is 40.2 Å². The van der Waals surface area contributed by atoms with Gasteiger partial charge in [0.2, 0.25) is 5.82 Å². The molecule has 0 spiro atoms. The Morgan fingerprint density at radius 2 is 2.16 bits per heavy atom. The Labute approximate surface area is 120 Å². The number of rotatable bonds is 2. The minimum atomic E-state index is -0.484. The highest BCUT2D eigenvalue weighted by molar-refractivity contribution is 9.10. The highest BCUT2D eigenvalue weighted by Crippen LogP contribution is 2.30. The van der Waals surface area contributed by atoms with E-state index in [0.717, 1.165) is 9.35 Å². The lowest BCUT2D eigenvalue weighted by Crippen LogP contribution is -1.89. The van der Waals surface area contributed by atoms with Crippen molar-refractivity contribution in [1.29, 1.82) is 0 Å². The van der Waals surface area contributed by atoms with Crippen molar-refractivity contribution in [2.24, 2.45) is 0 Å². The van der Waals surface area contributed by atoms with Crippen LogP contribution in [0.25, 0.3) is 22.2 Å². The minimum absolute atomic E-state index is 0.136.